The second-order valence-electron chi connectivity index (χ2n) is 2.72. The van der Waals surface area contributed by atoms with Crippen LogP contribution in [0.3, 0.4) is 0 Å². The average molecular weight is 284 g/mol. The van der Waals surface area contributed by atoms with E-state index in [9.17, 15) is 0 Å². The number of nitrogens with two attached hydrogens (primary N) is 1. The molecule has 0 aromatic carbocycles. The van der Waals surface area contributed by atoms with Gasteiger partial charge in [-0.25, -0.2) is 9.50 Å². The van der Waals surface area contributed by atoms with E-state index in [4.69, 9.17) is 13.6 Å². The average Bonchev–Trinajstić information content (AvgIpc) is 2.33. The lowest BCUT2D eigenvalue weighted by Crippen LogP contribution is -2.07. The summed E-state index contributed by atoms with van der Waals surface area (Å²) in [5.41, 5.74) is 8.11. The van der Waals surface area contributed by atoms with Gasteiger partial charge in [-0.2, -0.15) is 5.10 Å². The molecule has 2 aromatic rings. The Morgan fingerprint density at radius 1 is 1.62 bits per heavy atom. The first kappa shape index (κ1) is 8.80. The van der Waals surface area contributed by atoms with Crippen molar-refractivity contribution in [1.29, 1.82) is 0 Å². The van der Waals surface area contributed by atoms with Crippen LogP contribution in [0.15, 0.2) is 6.33 Å². The number of fused-ring (bicyclic) bond motifs is 1. The number of nitrogens with zero attached hydrogens (tertiary/aromatic N) is 3. The summed E-state index contributed by atoms with van der Waals surface area (Å²) in [5.74, 6) is 0.458. The van der Waals surface area contributed by atoms with Gasteiger partial charge in [0.05, 0.1) is 0 Å². The lowest BCUT2D eigenvalue weighted by Gasteiger charge is -1.97. The molecule has 64 valence electrons. The highest BCUT2D eigenvalue weighted by Gasteiger charge is 2.12. The molecule has 4 nitrogen and oxygen atoms in total. The van der Waals surface area contributed by atoms with Gasteiger partial charge in [-0.15, -0.1) is 0 Å². The Hall–Kier alpha value is -0.785. The van der Waals surface area contributed by atoms with Crippen molar-refractivity contribution in [1.82, 2.24) is 14.6 Å². The first-order chi connectivity index (χ1) is 6.13. The van der Waals surface area contributed by atoms with E-state index < -0.39 is 0 Å². The van der Waals surface area contributed by atoms with E-state index in [0.29, 0.717) is 11.3 Å². The van der Waals surface area contributed by atoms with E-state index in [1.165, 1.54) is 6.33 Å². The molecule has 0 atom stereocenters. The van der Waals surface area contributed by atoms with E-state index in [1.54, 1.807) is 4.52 Å². The summed E-state index contributed by atoms with van der Waals surface area (Å²) in [5, 5.41) is 4.06. The zero-order valence-electron chi connectivity index (χ0n) is 6.95. The van der Waals surface area contributed by atoms with Gasteiger partial charge in [0.25, 0.3) is 0 Å². The predicted molar refractivity (Wildman–Crippen MR) is 60.2 cm³/mol. The van der Waals surface area contributed by atoms with Crippen LogP contribution in [-0.4, -0.2) is 22.4 Å². The van der Waals surface area contributed by atoms with Crippen LogP contribution in [0.5, 0.6) is 0 Å². The highest BCUT2D eigenvalue weighted by atomic mass is 127. The van der Waals surface area contributed by atoms with E-state index >= 15 is 0 Å². The monoisotopic (exact) mass is 284 g/mol. The lowest BCUT2D eigenvalue weighted by atomic mass is 9.97. The number of aryl methyl sites for hydroxylation is 1. The van der Waals surface area contributed by atoms with Crippen molar-refractivity contribution in [3.05, 3.63) is 15.6 Å². The number of anilines is 1. The van der Waals surface area contributed by atoms with Crippen molar-refractivity contribution in [2.75, 3.05) is 5.73 Å². The molecule has 2 radical (unpaired) electrons. The fraction of sp³-hybridized carbons (Fsp3) is 0.143. The Labute approximate surface area is 90.1 Å². The summed E-state index contributed by atoms with van der Waals surface area (Å²) in [4.78, 5) is 3.91. The van der Waals surface area contributed by atoms with Gasteiger partial charge in [-0.05, 0) is 29.5 Å². The van der Waals surface area contributed by atoms with E-state index in [1.807, 2.05) is 6.92 Å². The van der Waals surface area contributed by atoms with E-state index in [2.05, 4.69) is 32.7 Å². The van der Waals surface area contributed by atoms with Crippen LogP contribution < -0.4 is 11.2 Å². The SMILES string of the molecule is [B]c1c(I)c2c(N)ncnn2c1C. The number of rotatable bonds is 0. The number of aromatic nitrogens is 3. The molecule has 0 aliphatic carbocycles. The molecule has 0 saturated heterocycles. The van der Waals surface area contributed by atoms with Crippen LogP contribution in [0.1, 0.15) is 5.69 Å². The maximum atomic E-state index is 5.83. The van der Waals surface area contributed by atoms with Crippen LogP contribution in [0.4, 0.5) is 5.82 Å². The largest absolute Gasteiger partial charge is 0.382 e. The van der Waals surface area contributed by atoms with Crippen LogP contribution in [0.25, 0.3) is 5.52 Å². The third-order valence-corrected chi connectivity index (χ3v) is 3.06. The second kappa shape index (κ2) is 2.86. The van der Waals surface area contributed by atoms with Crippen LogP contribution in [-0.2, 0) is 0 Å². The van der Waals surface area contributed by atoms with Crippen molar-refractivity contribution in [2.45, 2.75) is 6.92 Å². The molecule has 0 spiro atoms. The molecule has 2 aromatic heterocycles. The van der Waals surface area contributed by atoms with Gasteiger partial charge in [0.15, 0.2) is 5.82 Å². The number of halogens is 1. The van der Waals surface area contributed by atoms with Gasteiger partial charge in [-0.3, -0.25) is 0 Å². The number of hydrogen-bond donors (Lipinski definition) is 1. The Bertz CT molecular complexity index is 479. The van der Waals surface area contributed by atoms with Crippen molar-refractivity contribution in [2.24, 2.45) is 0 Å². The topological polar surface area (TPSA) is 56.2 Å². The summed E-state index contributed by atoms with van der Waals surface area (Å²) >= 11 is 2.14. The van der Waals surface area contributed by atoms with Crippen molar-refractivity contribution in [3.63, 3.8) is 0 Å². The molecule has 13 heavy (non-hydrogen) atoms. The molecular weight excluding hydrogens is 278 g/mol. The minimum absolute atomic E-state index is 0.458. The van der Waals surface area contributed by atoms with E-state index in [-0.39, 0.29) is 0 Å². The molecule has 6 heteroatoms. The van der Waals surface area contributed by atoms with Crippen LogP contribution >= 0.6 is 22.6 Å². The van der Waals surface area contributed by atoms with Crippen LogP contribution in [0, 0.1) is 10.5 Å². The predicted octanol–water partition coefficient (Wildman–Crippen LogP) is 0.0183. The Morgan fingerprint density at radius 2 is 2.31 bits per heavy atom. The van der Waals surface area contributed by atoms with Crippen molar-refractivity contribution < 1.29 is 0 Å². The Morgan fingerprint density at radius 3 is 2.92 bits per heavy atom. The Kier molecular flexibility index (Phi) is 1.94. The molecule has 2 heterocycles. The molecule has 0 saturated carbocycles. The maximum Gasteiger partial charge on any atom is 0.152 e. The summed E-state index contributed by atoms with van der Waals surface area (Å²) in [6.07, 6.45) is 1.42. The number of hydrogen-bond acceptors (Lipinski definition) is 3. The minimum atomic E-state index is 0.458. The third kappa shape index (κ3) is 1.12. The van der Waals surface area contributed by atoms with Gasteiger partial charge in [0.1, 0.15) is 19.7 Å². The van der Waals surface area contributed by atoms with Gasteiger partial charge in [0.2, 0.25) is 0 Å². The van der Waals surface area contributed by atoms with Gasteiger partial charge >= 0.3 is 0 Å². The molecule has 0 fully saturated rings. The molecule has 0 bridgehead atoms. The van der Waals surface area contributed by atoms with Gasteiger partial charge in [0, 0.05) is 9.26 Å². The fourth-order valence-electron chi connectivity index (χ4n) is 1.23. The third-order valence-electron chi connectivity index (χ3n) is 1.97. The van der Waals surface area contributed by atoms with Gasteiger partial charge in [-0.1, -0.05) is 5.46 Å². The normalized spacial score (nSPS) is 10.9. The maximum absolute atomic E-state index is 5.83. The zero-order chi connectivity index (χ0) is 9.59. The van der Waals surface area contributed by atoms with Crippen molar-refractivity contribution >= 4 is 47.2 Å². The highest BCUT2D eigenvalue weighted by Crippen LogP contribution is 2.18. The molecule has 2 rings (SSSR count). The molecule has 0 aliphatic heterocycles. The highest BCUT2D eigenvalue weighted by molar-refractivity contribution is 14.1. The first-order valence-corrected chi connectivity index (χ1v) is 4.73. The minimum Gasteiger partial charge on any atom is -0.382 e. The van der Waals surface area contributed by atoms with E-state index in [0.717, 1.165) is 14.8 Å². The summed E-state index contributed by atoms with van der Waals surface area (Å²) < 4.78 is 2.62. The second-order valence-corrected chi connectivity index (χ2v) is 3.80. The van der Waals surface area contributed by atoms with Gasteiger partial charge < -0.3 is 5.73 Å². The first-order valence-electron chi connectivity index (χ1n) is 3.65. The molecular formula is C7H6BIN4. The standard InChI is InChI=1S/C7H6BIN4/c1-3-4(8)5(9)6-7(10)11-2-12-13(3)6/h2H,1H3,(H2,10,11,12). The summed E-state index contributed by atoms with van der Waals surface area (Å²) in [6, 6.07) is 0. The molecule has 0 unspecified atom stereocenters. The molecule has 2 N–H and O–H groups in total. The molecule has 0 amide bonds. The summed E-state index contributed by atoms with van der Waals surface area (Å²) in [6.45, 7) is 1.90. The Balaban J connectivity index is 3.03. The van der Waals surface area contributed by atoms with Crippen LogP contribution in [0.2, 0.25) is 0 Å². The fourth-order valence-corrected chi connectivity index (χ4v) is 2.12. The zero-order valence-corrected chi connectivity index (χ0v) is 9.11. The number of nitrogen functional groups attached to an aromatic ring is 1. The summed E-state index contributed by atoms with van der Waals surface area (Å²) in [7, 11) is 5.83. The van der Waals surface area contributed by atoms with Crippen molar-refractivity contribution in [3.8, 4) is 0 Å². The smallest absolute Gasteiger partial charge is 0.152 e. The molecule has 0 aliphatic rings. The lowest BCUT2D eigenvalue weighted by molar-refractivity contribution is 0.877. The quantitative estimate of drug-likeness (QED) is 0.548.